The van der Waals surface area contributed by atoms with Gasteiger partial charge in [0.2, 0.25) is 0 Å². The topological polar surface area (TPSA) is 75.3 Å². The molecule has 0 aliphatic rings. The van der Waals surface area contributed by atoms with E-state index < -0.39 is 10.0 Å². The number of aryl methyl sites for hydroxylation is 1. The van der Waals surface area contributed by atoms with Crippen molar-refractivity contribution in [2.75, 3.05) is 27.3 Å². The molecule has 0 radical (unpaired) electrons. The Morgan fingerprint density at radius 1 is 1.56 bits per heavy atom. The number of ether oxygens (including phenoxy) is 1. The zero-order valence-corrected chi connectivity index (χ0v) is 10.5. The summed E-state index contributed by atoms with van der Waals surface area (Å²) in [5.74, 6) is 0.587. The van der Waals surface area contributed by atoms with Gasteiger partial charge in [-0.3, -0.25) is 0 Å². The molecule has 0 aromatic carbocycles. The fourth-order valence-corrected chi connectivity index (χ4v) is 2.42. The van der Waals surface area contributed by atoms with Crippen LogP contribution >= 0.6 is 0 Å². The van der Waals surface area contributed by atoms with Gasteiger partial charge in [-0.05, 0) is 13.3 Å². The summed E-state index contributed by atoms with van der Waals surface area (Å²) in [5, 5.41) is 0.130. The van der Waals surface area contributed by atoms with Gasteiger partial charge in [0.05, 0.1) is 6.20 Å². The van der Waals surface area contributed by atoms with Gasteiger partial charge in [0.1, 0.15) is 5.82 Å². The highest BCUT2D eigenvalue weighted by Gasteiger charge is 2.22. The molecule has 1 heterocycles. The maximum absolute atomic E-state index is 12.0. The van der Waals surface area contributed by atoms with Crippen molar-refractivity contribution in [2.24, 2.45) is 0 Å². The van der Waals surface area contributed by atoms with Gasteiger partial charge >= 0.3 is 0 Å². The Labute approximate surface area is 95.7 Å². The predicted octanol–water partition coefficient (Wildman–Crippen LogP) is 0.375. The van der Waals surface area contributed by atoms with Crippen molar-refractivity contribution in [2.45, 2.75) is 18.4 Å². The summed E-state index contributed by atoms with van der Waals surface area (Å²) in [5.41, 5.74) is 0. The normalized spacial score (nSPS) is 12.2. The largest absolute Gasteiger partial charge is 0.385 e. The third-order valence-electron chi connectivity index (χ3n) is 2.19. The molecule has 0 bridgehead atoms. The average molecular weight is 247 g/mol. The van der Waals surface area contributed by atoms with E-state index in [4.69, 9.17) is 4.74 Å². The van der Waals surface area contributed by atoms with E-state index in [9.17, 15) is 8.42 Å². The number of aromatic nitrogens is 2. The smallest absolute Gasteiger partial charge is 0.259 e. The molecule has 0 spiro atoms. The summed E-state index contributed by atoms with van der Waals surface area (Å²) in [6.45, 7) is 2.68. The van der Waals surface area contributed by atoms with E-state index in [2.05, 4.69) is 9.97 Å². The summed E-state index contributed by atoms with van der Waals surface area (Å²) >= 11 is 0. The average Bonchev–Trinajstić information content (AvgIpc) is 2.65. The first-order valence-electron chi connectivity index (χ1n) is 4.95. The molecule has 0 aliphatic carbocycles. The van der Waals surface area contributed by atoms with E-state index in [1.165, 1.54) is 10.5 Å². The first-order chi connectivity index (χ1) is 7.48. The molecule has 0 unspecified atom stereocenters. The lowest BCUT2D eigenvalue weighted by atomic mass is 10.5. The highest BCUT2D eigenvalue weighted by Crippen LogP contribution is 2.11. The van der Waals surface area contributed by atoms with Crippen LogP contribution in [-0.2, 0) is 14.8 Å². The number of H-pyrrole nitrogens is 1. The van der Waals surface area contributed by atoms with Crippen molar-refractivity contribution in [3.63, 3.8) is 0 Å². The van der Waals surface area contributed by atoms with Crippen LogP contribution in [0.4, 0.5) is 0 Å². The quantitative estimate of drug-likeness (QED) is 0.737. The maximum atomic E-state index is 12.0. The Morgan fingerprint density at radius 2 is 2.25 bits per heavy atom. The number of aromatic amines is 1. The van der Waals surface area contributed by atoms with Crippen molar-refractivity contribution in [3.8, 4) is 0 Å². The van der Waals surface area contributed by atoms with E-state index in [0.29, 0.717) is 25.4 Å². The van der Waals surface area contributed by atoms with Gasteiger partial charge in [-0.1, -0.05) is 0 Å². The van der Waals surface area contributed by atoms with E-state index >= 15 is 0 Å². The van der Waals surface area contributed by atoms with Gasteiger partial charge < -0.3 is 9.72 Å². The lowest BCUT2D eigenvalue weighted by Crippen LogP contribution is -2.28. The van der Waals surface area contributed by atoms with E-state index in [1.807, 2.05) is 0 Å². The summed E-state index contributed by atoms with van der Waals surface area (Å²) in [4.78, 5) is 6.59. The van der Waals surface area contributed by atoms with Crippen LogP contribution in [0.1, 0.15) is 12.2 Å². The molecular formula is C9H17N3O3S. The fraction of sp³-hybridized carbons (Fsp3) is 0.667. The van der Waals surface area contributed by atoms with E-state index in [-0.39, 0.29) is 5.03 Å². The Kier molecular flexibility index (Phi) is 4.45. The fourth-order valence-electron chi connectivity index (χ4n) is 1.25. The first-order valence-corrected chi connectivity index (χ1v) is 6.39. The Hall–Kier alpha value is -0.920. The molecule has 16 heavy (non-hydrogen) atoms. The molecular weight excluding hydrogens is 230 g/mol. The Balaban J connectivity index is 2.70. The molecule has 1 aromatic heterocycles. The van der Waals surface area contributed by atoms with Crippen LogP contribution in [0.25, 0.3) is 0 Å². The van der Waals surface area contributed by atoms with Gasteiger partial charge in [-0.25, -0.2) is 13.4 Å². The lowest BCUT2D eigenvalue weighted by molar-refractivity contribution is 0.189. The third-order valence-corrected chi connectivity index (χ3v) is 3.96. The van der Waals surface area contributed by atoms with Gasteiger partial charge in [-0.2, -0.15) is 4.31 Å². The zero-order valence-electron chi connectivity index (χ0n) is 9.73. The Morgan fingerprint density at radius 3 is 2.75 bits per heavy atom. The van der Waals surface area contributed by atoms with Gasteiger partial charge in [0, 0.05) is 27.3 Å². The van der Waals surface area contributed by atoms with Crippen molar-refractivity contribution in [3.05, 3.63) is 12.0 Å². The number of imidazole rings is 1. The van der Waals surface area contributed by atoms with Crippen LogP contribution in [0.5, 0.6) is 0 Å². The molecule has 6 nitrogen and oxygen atoms in total. The van der Waals surface area contributed by atoms with Gasteiger partial charge in [-0.15, -0.1) is 0 Å². The first kappa shape index (κ1) is 13.1. The number of hydrogen-bond donors (Lipinski definition) is 1. The third kappa shape index (κ3) is 3.03. The summed E-state index contributed by atoms with van der Waals surface area (Å²) in [7, 11) is -0.306. The van der Waals surface area contributed by atoms with Crippen molar-refractivity contribution < 1.29 is 13.2 Å². The summed E-state index contributed by atoms with van der Waals surface area (Å²) < 4.78 is 30.1. The van der Waals surface area contributed by atoms with Crippen LogP contribution in [0.15, 0.2) is 11.2 Å². The molecule has 1 aromatic rings. The molecule has 0 saturated carbocycles. The van der Waals surface area contributed by atoms with Crippen LogP contribution in [0, 0.1) is 6.92 Å². The molecule has 1 N–H and O–H groups in total. The lowest BCUT2D eigenvalue weighted by Gasteiger charge is -2.15. The minimum Gasteiger partial charge on any atom is -0.385 e. The number of nitrogens with one attached hydrogen (secondary N) is 1. The molecule has 0 fully saturated rings. The SMILES string of the molecule is COCCCN(C)S(=O)(=O)c1cnc(C)[nH]1. The number of rotatable bonds is 6. The monoisotopic (exact) mass is 247 g/mol. The van der Waals surface area contributed by atoms with Crippen LogP contribution in [-0.4, -0.2) is 50.0 Å². The highest BCUT2D eigenvalue weighted by molar-refractivity contribution is 7.89. The second kappa shape index (κ2) is 5.42. The van der Waals surface area contributed by atoms with Crippen LogP contribution in [0.3, 0.4) is 0 Å². The summed E-state index contributed by atoms with van der Waals surface area (Å²) in [6.07, 6.45) is 2.00. The molecule has 7 heteroatoms. The molecule has 0 atom stereocenters. The molecule has 1 rings (SSSR count). The number of hydrogen-bond acceptors (Lipinski definition) is 4. The van der Waals surface area contributed by atoms with Gasteiger partial charge in [0.15, 0.2) is 5.03 Å². The molecule has 0 amide bonds. The predicted molar refractivity (Wildman–Crippen MR) is 59.6 cm³/mol. The summed E-state index contributed by atoms with van der Waals surface area (Å²) in [6, 6.07) is 0. The zero-order chi connectivity index (χ0) is 12.2. The van der Waals surface area contributed by atoms with Crippen molar-refractivity contribution in [1.82, 2.24) is 14.3 Å². The number of methoxy groups -OCH3 is 1. The molecule has 0 aliphatic heterocycles. The molecule has 0 saturated heterocycles. The van der Waals surface area contributed by atoms with E-state index in [0.717, 1.165) is 0 Å². The number of sulfonamides is 1. The van der Waals surface area contributed by atoms with Crippen molar-refractivity contribution >= 4 is 10.0 Å². The van der Waals surface area contributed by atoms with Crippen molar-refractivity contribution in [1.29, 1.82) is 0 Å². The van der Waals surface area contributed by atoms with E-state index in [1.54, 1.807) is 21.1 Å². The van der Waals surface area contributed by atoms with Crippen LogP contribution in [0.2, 0.25) is 0 Å². The Bertz CT molecular complexity index is 427. The number of nitrogens with zero attached hydrogens (tertiary/aromatic N) is 2. The minimum absolute atomic E-state index is 0.130. The highest BCUT2D eigenvalue weighted by atomic mass is 32.2. The van der Waals surface area contributed by atoms with Crippen LogP contribution < -0.4 is 0 Å². The molecule has 92 valence electrons. The maximum Gasteiger partial charge on any atom is 0.259 e. The standard InChI is InChI=1S/C9H17N3O3S/c1-8-10-7-9(11-8)16(13,14)12(2)5-4-6-15-3/h7H,4-6H2,1-3H3,(H,10,11). The van der Waals surface area contributed by atoms with Gasteiger partial charge in [0.25, 0.3) is 10.0 Å². The second-order valence-corrected chi connectivity index (χ2v) is 5.52. The second-order valence-electron chi connectivity index (χ2n) is 3.51. The minimum atomic E-state index is -3.44.